The van der Waals surface area contributed by atoms with Gasteiger partial charge in [0.25, 0.3) is 0 Å². The topological polar surface area (TPSA) is 117 Å². The number of benzene rings is 2. The number of rotatable bonds is 11. The van der Waals surface area contributed by atoms with E-state index in [1.54, 1.807) is 25.3 Å². The molecule has 0 radical (unpaired) electrons. The number of amides is 2. The Hall–Kier alpha value is -3.73. The molecule has 1 aromatic heterocycles. The highest BCUT2D eigenvalue weighted by molar-refractivity contribution is 7.99. The van der Waals surface area contributed by atoms with E-state index in [4.69, 9.17) is 14.2 Å². The summed E-state index contributed by atoms with van der Waals surface area (Å²) < 4.78 is 18.6. The Morgan fingerprint density at radius 3 is 2.40 bits per heavy atom. The van der Waals surface area contributed by atoms with Crippen molar-refractivity contribution in [2.45, 2.75) is 38.6 Å². The molecule has 1 unspecified atom stereocenters. The number of ether oxygens (including phenoxy) is 3. The summed E-state index contributed by atoms with van der Waals surface area (Å²) in [5.41, 5.74) is 1.02. The molecule has 3 aromatic rings. The third-order valence-corrected chi connectivity index (χ3v) is 5.89. The first-order valence-corrected chi connectivity index (χ1v) is 12.0. The zero-order chi connectivity index (χ0) is 25.4. The minimum Gasteiger partial charge on any atom is -0.495 e. The van der Waals surface area contributed by atoms with Gasteiger partial charge in [-0.25, -0.2) is 0 Å². The second-order valence-corrected chi connectivity index (χ2v) is 8.37. The number of hydrogen-bond acceptors (Lipinski definition) is 8. The molecular formula is C24H29N5O5S. The molecule has 1 heterocycles. The number of anilines is 2. The zero-order valence-electron chi connectivity index (χ0n) is 20.3. The second-order valence-electron chi connectivity index (χ2n) is 7.43. The average molecular weight is 500 g/mol. The summed E-state index contributed by atoms with van der Waals surface area (Å²) in [4.78, 5) is 24.0. The van der Waals surface area contributed by atoms with Crippen LogP contribution in [-0.2, 0) is 16.1 Å². The van der Waals surface area contributed by atoms with E-state index >= 15 is 0 Å². The number of aromatic nitrogens is 3. The molecule has 0 saturated carbocycles. The Labute approximate surface area is 208 Å². The van der Waals surface area contributed by atoms with Crippen LogP contribution in [0.4, 0.5) is 11.4 Å². The first-order valence-electron chi connectivity index (χ1n) is 11.0. The van der Waals surface area contributed by atoms with Crippen LogP contribution in [0.25, 0.3) is 0 Å². The fourth-order valence-corrected chi connectivity index (χ4v) is 4.17. The average Bonchev–Trinajstić information content (AvgIpc) is 3.26. The van der Waals surface area contributed by atoms with Crippen LogP contribution in [0.15, 0.2) is 47.6 Å². The van der Waals surface area contributed by atoms with E-state index in [0.29, 0.717) is 46.1 Å². The van der Waals surface area contributed by atoms with Gasteiger partial charge in [0.05, 0.1) is 25.7 Å². The van der Waals surface area contributed by atoms with Gasteiger partial charge < -0.3 is 29.4 Å². The molecule has 0 saturated heterocycles. The minimum absolute atomic E-state index is 0.126. The molecule has 35 heavy (non-hydrogen) atoms. The monoisotopic (exact) mass is 499 g/mol. The van der Waals surface area contributed by atoms with Crippen molar-refractivity contribution in [1.82, 2.24) is 14.8 Å². The van der Waals surface area contributed by atoms with Gasteiger partial charge in [0.1, 0.15) is 5.75 Å². The zero-order valence-corrected chi connectivity index (χ0v) is 21.1. The lowest BCUT2D eigenvalue weighted by molar-refractivity contribution is -0.114. The van der Waals surface area contributed by atoms with Gasteiger partial charge in [-0.1, -0.05) is 23.9 Å². The third kappa shape index (κ3) is 6.66. The predicted molar refractivity (Wildman–Crippen MR) is 134 cm³/mol. The molecule has 10 nitrogen and oxygen atoms in total. The van der Waals surface area contributed by atoms with Gasteiger partial charge in [-0.15, -0.1) is 10.2 Å². The first-order chi connectivity index (χ1) is 16.9. The van der Waals surface area contributed by atoms with Gasteiger partial charge in [0, 0.05) is 19.2 Å². The van der Waals surface area contributed by atoms with E-state index in [0.717, 1.165) is 0 Å². The van der Waals surface area contributed by atoms with Gasteiger partial charge in [0.15, 0.2) is 28.6 Å². The number of methoxy groups -OCH3 is 2. The Kier molecular flexibility index (Phi) is 8.96. The number of carbonyl (C=O) groups excluding carboxylic acids is 2. The van der Waals surface area contributed by atoms with Crippen molar-refractivity contribution in [3.05, 3.63) is 48.3 Å². The van der Waals surface area contributed by atoms with Gasteiger partial charge >= 0.3 is 0 Å². The van der Waals surface area contributed by atoms with Gasteiger partial charge in [0.2, 0.25) is 11.8 Å². The molecule has 1 atom stereocenters. The fourth-order valence-electron chi connectivity index (χ4n) is 3.36. The van der Waals surface area contributed by atoms with Gasteiger partial charge in [-0.3, -0.25) is 9.59 Å². The number of carbonyl (C=O) groups is 2. The van der Waals surface area contributed by atoms with Crippen molar-refractivity contribution in [3.63, 3.8) is 0 Å². The molecule has 0 aliphatic heterocycles. The van der Waals surface area contributed by atoms with Crippen molar-refractivity contribution in [3.8, 4) is 17.2 Å². The van der Waals surface area contributed by atoms with Gasteiger partial charge in [-0.2, -0.15) is 0 Å². The van der Waals surface area contributed by atoms with E-state index in [2.05, 4.69) is 20.8 Å². The molecular weight excluding hydrogens is 470 g/mol. The number of nitrogens with one attached hydrogen (secondary N) is 2. The number of thioether (sulfide) groups is 1. The summed E-state index contributed by atoms with van der Waals surface area (Å²) in [5, 5.41) is 14.7. The fraction of sp³-hybridized carbons (Fsp3) is 0.333. The van der Waals surface area contributed by atoms with E-state index in [9.17, 15) is 9.59 Å². The summed E-state index contributed by atoms with van der Waals surface area (Å²) in [6, 6.07) is 12.4. The lowest BCUT2D eigenvalue weighted by Crippen LogP contribution is -2.16. The van der Waals surface area contributed by atoms with Crippen LogP contribution < -0.4 is 24.8 Å². The second kappa shape index (κ2) is 12.1. The third-order valence-electron chi connectivity index (χ3n) is 4.92. The van der Waals surface area contributed by atoms with E-state index in [1.807, 2.05) is 42.7 Å². The largest absolute Gasteiger partial charge is 0.495 e. The van der Waals surface area contributed by atoms with Crippen LogP contribution in [0.3, 0.4) is 0 Å². The lowest BCUT2D eigenvalue weighted by Gasteiger charge is -2.17. The number of hydrogen-bond donors (Lipinski definition) is 2. The molecule has 0 spiro atoms. The van der Waals surface area contributed by atoms with Crippen LogP contribution in [-0.4, -0.2) is 46.6 Å². The highest BCUT2D eigenvalue weighted by Gasteiger charge is 2.20. The van der Waals surface area contributed by atoms with Crippen LogP contribution in [0.1, 0.15) is 32.7 Å². The molecule has 186 valence electrons. The van der Waals surface area contributed by atoms with Crippen molar-refractivity contribution in [2.75, 3.05) is 30.6 Å². The van der Waals surface area contributed by atoms with Gasteiger partial charge in [-0.05, 0) is 44.2 Å². The smallest absolute Gasteiger partial charge is 0.234 e. The standard InChI is InChI=1S/C24H29N5O5S/c1-6-29-23(15(2)34-21-10-8-7-9-20(21)33-5)27-28-24(29)35-14-22(31)26-17-11-12-19(32-4)18(13-17)25-16(3)30/h7-13,15H,6,14H2,1-5H3,(H,25,30)(H,26,31). The summed E-state index contributed by atoms with van der Waals surface area (Å²) in [5.74, 6) is 2.06. The quantitative estimate of drug-likeness (QED) is 0.378. The summed E-state index contributed by atoms with van der Waals surface area (Å²) in [7, 11) is 3.10. The predicted octanol–water partition coefficient (Wildman–Crippen LogP) is 4.14. The maximum atomic E-state index is 12.6. The Bertz CT molecular complexity index is 1180. The lowest BCUT2D eigenvalue weighted by atomic mass is 10.2. The molecule has 11 heteroatoms. The number of nitrogens with zero attached hydrogens (tertiary/aromatic N) is 3. The molecule has 2 amide bonds. The molecule has 0 bridgehead atoms. The van der Waals surface area contributed by atoms with Crippen molar-refractivity contribution in [1.29, 1.82) is 0 Å². The van der Waals surface area contributed by atoms with Crippen molar-refractivity contribution < 1.29 is 23.8 Å². The highest BCUT2D eigenvalue weighted by atomic mass is 32.2. The van der Waals surface area contributed by atoms with Crippen LogP contribution in [0.2, 0.25) is 0 Å². The Balaban J connectivity index is 1.65. The first kappa shape index (κ1) is 25.9. The maximum Gasteiger partial charge on any atom is 0.234 e. The molecule has 2 aromatic carbocycles. The molecule has 2 N–H and O–H groups in total. The van der Waals surface area contributed by atoms with E-state index < -0.39 is 0 Å². The van der Waals surface area contributed by atoms with Crippen LogP contribution in [0, 0.1) is 0 Å². The molecule has 0 aliphatic carbocycles. The molecule has 0 aliphatic rings. The SMILES string of the molecule is CCn1c(SCC(=O)Nc2ccc(OC)c(NC(C)=O)c2)nnc1C(C)Oc1ccccc1OC. The normalized spacial score (nSPS) is 11.5. The molecule has 3 rings (SSSR count). The summed E-state index contributed by atoms with van der Waals surface area (Å²) in [6.45, 7) is 5.89. The molecule has 0 fully saturated rings. The summed E-state index contributed by atoms with van der Waals surface area (Å²) in [6.07, 6.45) is -0.381. The Morgan fingerprint density at radius 1 is 1.03 bits per heavy atom. The van der Waals surface area contributed by atoms with E-state index in [-0.39, 0.29) is 23.7 Å². The van der Waals surface area contributed by atoms with Crippen LogP contribution in [0.5, 0.6) is 17.2 Å². The van der Waals surface area contributed by atoms with Crippen LogP contribution >= 0.6 is 11.8 Å². The van der Waals surface area contributed by atoms with E-state index in [1.165, 1.54) is 25.8 Å². The Morgan fingerprint density at radius 2 is 1.74 bits per heavy atom. The minimum atomic E-state index is -0.381. The summed E-state index contributed by atoms with van der Waals surface area (Å²) >= 11 is 1.28. The highest BCUT2D eigenvalue weighted by Crippen LogP contribution is 2.31. The van der Waals surface area contributed by atoms with Crippen molar-refractivity contribution >= 4 is 35.0 Å². The maximum absolute atomic E-state index is 12.6. The van der Waals surface area contributed by atoms with Crippen molar-refractivity contribution in [2.24, 2.45) is 0 Å². The number of para-hydroxylation sites is 2.